The molecule has 4 aromatic rings. The van der Waals surface area contributed by atoms with E-state index in [0.717, 1.165) is 45.1 Å². The smallest absolute Gasteiger partial charge is 0.409 e. The molecule has 4 fully saturated rings. The van der Waals surface area contributed by atoms with Crippen LogP contribution in [0.2, 0.25) is 5.02 Å². The van der Waals surface area contributed by atoms with Crippen LogP contribution >= 0.6 is 11.6 Å². The lowest BCUT2D eigenvalue weighted by Gasteiger charge is -2.35. The standard InChI is InChI=1S/C38H43ClF2N6O4/c1-4-26-30(40)9-6-21-14-25(48)15-27(31(21)26)32-29(39)16-28-34(33(32)41)43-36(44-35(28)46-17-22-7-8-23(18-46)42-22)51-20-38-11-5-13-47(38)24(10-12-38)19-50-37(49)45(2)3/h6,9,14-16,22-24,42,48H,4-5,7-8,10-13,17-20H2,1-3H3. The number of hydrogen-bond donors (Lipinski definition) is 2. The molecule has 0 saturated carbocycles. The Morgan fingerprint density at radius 1 is 1.12 bits per heavy atom. The van der Waals surface area contributed by atoms with Crippen LogP contribution in [0.15, 0.2) is 30.3 Å². The van der Waals surface area contributed by atoms with Gasteiger partial charge in [-0.1, -0.05) is 24.6 Å². The molecule has 4 saturated heterocycles. The van der Waals surface area contributed by atoms with Gasteiger partial charge in [-0.2, -0.15) is 9.97 Å². The average molecular weight is 721 g/mol. The highest BCUT2D eigenvalue weighted by Crippen LogP contribution is 2.46. The van der Waals surface area contributed by atoms with Crippen LogP contribution in [0.4, 0.5) is 19.4 Å². The Bertz CT molecular complexity index is 2020. The van der Waals surface area contributed by atoms with Crippen LogP contribution in [0, 0.1) is 11.6 Å². The van der Waals surface area contributed by atoms with Crippen LogP contribution < -0.4 is 15.0 Å². The number of phenols is 1. The predicted molar refractivity (Wildman–Crippen MR) is 193 cm³/mol. The summed E-state index contributed by atoms with van der Waals surface area (Å²) in [5.74, 6) is -0.625. The van der Waals surface area contributed by atoms with Crippen molar-refractivity contribution in [3.63, 3.8) is 0 Å². The van der Waals surface area contributed by atoms with E-state index in [1.807, 2.05) is 6.92 Å². The number of carbonyl (C=O) groups is 1. The van der Waals surface area contributed by atoms with Crippen LogP contribution in [0.5, 0.6) is 11.8 Å². The van der Waals surface area contributed by atoms with Crippen LogP contribution in [-0.2, 0) is 11.2 Å². The molecule has 4 aliphatic heterocycles. The summed E-state index contributed by atoms with van der Waals surface area (Å²) in [4.78, 5) is 27.8. The molecule has 1 aromatic heterocycles. The molecule has 5 heterocycles. The van der Waals surface area contributed by atoms with Gasteiger partial charge in [-0.05, 0) is 97.7 Å². The summed E-state index contributed by atoms with van der Waals surface area (Å²) in [6, 6.07) is 8.35. The minimum atomic E-state index is -0.688. The Hall–Kier alpha value is -4.00. The molecule has 4 aliphatic rings. The van der Waals surface area contributed by atoms with E-state index in [1.165, 1.54) is 17.0 Å². The van der Waals surface area contributed by atoms with Gasteiger partial charge in [0.05, 0.1) is 10.6 Å². The van der Waals surface area contributed by atoms with Crippen molar-refractivity contribution in [2.45, 2.75) is 75.5 Å². The summed E-state index contributed by atoms with van der Waals surface area (Å²) in [5, 5.41) is 16.0. The molecular weight excluding hydrogens is 678 g/mol. The minimum absolute atomic E-state index is 0.0350. The lowest BCUT2D eigenvalue weighted by atomic mass is 9.92. The van der Waals surface area contributed by atoms with E-state index >= 15 is 8.78 Å². The number of hydrogen-bond acceptors (Lipinski definition) is 9. The third-order valence-electron chi connectivity index (χ3n) is 11.4. The van der Waals surface area contributed by atoms with Crippen molar-refractivity contribution in [3.05, 3.63) is 52.6 Å². The Morgan fingerprint density at radius 3 is 2.65 bits per heavy atom. The van der Waals surface area contributed by atoms with Gasteiger partial charge in [0, 0.05) is 56.3 Å². The number of nitrogens with one attached hydrogen (secondary N) is 1. The van der Waals surface area contributed by atoms with Crippen molar-refractivity contribution >= 4 is 45.2 Å². The zero-order valence-corrected chi connectivity index (χ0v) is 29.9. The van der Waals surface area contributed by atoms with Crippen LogP contribution in [0.3, 0.4) is 0 Å². The zero-order chi connectivity index (χ0) is 35.6. The SMILES string of the molecule is CCc1c(F)ccc2cc(O)cc(-c3c(Cl)cc4c(N5CC6CCC(C5)N6)nc(OCC56CCCN5C(COC(=O)N(C)C)CC6)nc4c3F)c12. The van der Waals surface area contributed by atoms with Gasteiger partial charge >= 0.3 is 12.1 Å². The highest BCUT2D eigenvalue weighted by Gasteiger charge is 2.50. The van der Waals surface area contributed by atoms with E-state index in [2.05, 4.69) is 15.1 Å². The molecule has 3 aromatic carbocycles. The fourth-order valence-corrected chi connectivity index (χ4v) is 9.30. The molecule has 270 valence electrons. The van der Waals surface area contributed by atoms with Crippen LogP contribution in [0.25, 0.3) is 32.8 Å². The number of fused-ring (bicyclic) bond motifs is 5. The number of rotatable bonds is 8. The van der Waals surface area contributed by atoms with E-state index in [4.69, 9.17) is 31.0 Å². The van der Waals surface area contributed by atoms with Gasteiger partial charge in [0.15, 0.2) is 5.82 Å². The maximum Gasteiger partial charge on any atom is 0.409 e. The molecule has 0 spiro atoms. The summed E-state index contributed by atoms with van der Waals surface area (Å²) in [6.07, 6.45) is 5.75. The van der Waals surface area contributed by atoms with Crippen molar-refractivity contribution < 1.29 is 28.2 Å². The van der Waals surface area contributed by atoms with Crippen molar-refractivity contribution in [3.8, 4) is 22.9 Å². The van der Waals surface area contributed by atoms with Gasteiger partial charge in [-0.3, -0.25) is 4.90 Å². The lowest BCUT2D eigenvalue weighted by Crippen LogP contribution is -2.51. The normalized spacial score (nSPS) is 24.4. The number of nitrogens with zero attached hydrogens (tertiary/aromatic N) is 5. The number of aromatic hydroxyl groups is 1. The van der Waals surface area contributed by atoms with Gasteiger partial charge in [0.25, 0.3) is 0 Å². The van der Waals surface area contributed by atoms with E-state index in [0.29, 0.717) is 77.9 Å². The number of benzene rings is 3. The monoisotopic (exact) mass is 720 g/mol. The van der Waals surface area contributed by atoms with Gasteiger partial charge in [-0.15, -0.1) is 0 Å². The van der Waals surface area contributed by atoms with E-state index in [-0.39, 0.29) is 45.5 Å². The third kappa shape index (κ3) is 5.98. The molecule has 2 N–H and O–H groups in total. The number of carbonyl (C=O) groups excluding carboxylic acids is 1. The van der Waals surface area contributed by atoms with Crippen molar-refractivity contribution in [2.24, 2.45) is 0 Å². The molecule has 1 amide bonds. The quantitative estimate of drug-likeness (QED) is 0.207. The molecule has 8 rings (SSSR count). The van der Waals surface area contributed by atoms with Gasteiger partial charge in [-0.25, -0.2) is 13.6 Å². The summed E-state index contributed by atoms with van der Waals surface area (Å²) in [6.45, 7) is 4.72. The largest absolute Gasteiger partial charge is 0.508 e. The second kappa shape index (κ2) is 13.2. The lowest BCUT2D eigenvalue weighted by molar-refractivity contribution is 0.0484. The molecule has 10 nitrogen and oxygen atoms in total. The van der Waals surface area contributed by atoms with Crippen molar-refractivity contribution in [2.75, 3.05) is 51.8 Å². The van der Waals surface area contributed by atoms with Crippen molar-refractivity contribution in [1.29, 1.82) is 0 Å². The maximum absolute atomic E-state index is 17.2. The fraction of sp³-hybridized carbons (Fsp3) is 0.500. The molecule has 0 radical (unpaired) electrons. The highest BCUT2D eigenvalue weighted by molar-refractivity contribution is 6.35. The second-order valence-electron chi connectivity index (χ2n) is 14.8. The first-order valence-electron chi connectivity index (χ1n) is 17.9. The summed E-state index contributed by atoms with van der Waals surface area (Å²) >= 11 is 6.96. The number of phenolic OH excluding ortho intramolecular Hbond substituents is 1. The van der Waals surface area contributed by atoms with Crippen LogP contribution in [-0.4, -0.2) is 102 Å². The molecule has 2 bridgehead atoms. The van der Waals surface area contributed by atoms with Crippen LogP contribution in [0.1, 0.15) is 51.0 Å². The number of ether oxygens (including phenoxy) is 2. The number of aryl methyl sites for hydroxylation is 1. The predicted octanol–water partition coefficient (Wildman–Crippen LogP) is 6.66. The first-order chi connectivity index (χ1) is 24.5. The second-order valence-corrected chi connectivity index (χ2v) is 15.2. The maximum atomic E-state index is 17.2. The molecular formula is C38H43ClF2N6O4. The minimum Gasteiger partial charge on any atom is -0.508 e. The van der Waals surface area contributed by atoms with Gasteiger partial charge in [0.1, 0.15) is 36.1 Å². The first-order valence-corrected chi connectivity index (χ1v) is 18.3. The number of halogens is 3. The van der Waals surface area contributed by atoms with E-state index in [9.17, 15) is 9.90 Å². The number of anilines is 1. The number of piperazine rings is 1. The third-order valence-corrected chi connectivity index (χ3v) is 11.7. The molecule has 4 unspecified atom stereocenters. The molecule has 13 heteroatoms. The van der Waals surface area contributed by atoms with Gasteiger partial charge in [0.2, 0.25) is 0 Å². The topological polar surface area (TPSA) is 103 Å². The first kappa shape index (κ1) is 34.1. The highest BCUT2D eigenvalue weighted by atomic mass is 35.5. The zero-order valence-electron chi connectivity index (χ0n) is 29.1. The Morgan fingerprint density at radius 2 is 1.90 bits per heavy atom. The van der Waals surface area contributed by atoms with E-state index < -0.39 is 11.6 Å². The molecule has 4 atom stereocenters. The summed E-state index contributed by atoms with van der Waals surface area (Å²) in [7, 11) is 3.34. The molecule has 0 aliphatic carbocycles. The molecule has 51 heavy (non-hydrogen) atoms. The average Bonchev–Trinajstić information content (AvgIpc) is 3.78. The Labute approximate surface area is 300 Å². The van der Waals surface area contributed by atoms with Gasteiger partial charge < -0.3 is 29.7 Å². The number of aromatic nitrogens is 2. The van der Waals surface area contributed by atoms with E-state index in [1.54, 1.807) is 32.3 Å². The fourth-order valence-electron chi connectivity index (χ4n) is 9.01. The Balaban J connectivity index is 1.20. The summed E-state index contributed by atoms with van der Waals surface area (Å²) in [5.41, 5.74) is 0.515. The summed E-state index contributed by atoms with van der Waals surface area (Å²) < 4.78 is 44.4. The number of amides is 1. The Kier molecular flexibility index (Phi) is 8.83. The van der Waals surface area contributed by atoms with Crippen molar-refractivity contribution in [1.82, 2.24) is 25.1 Å².